The largest absolute Gasteiger partial charge is 0.482 e. The molecule has 1 radical (unpaired) electrons. The second-order valence-corrected chi connectivity index (χ2v) is 5.16. The molecular weight excluding hydrogens is 244 g/mol. The van der Waals surface area contributed by atoms with Crippen LogP contribution in [0.2, 0.25) is 0 Å². The molecule has 0 bridgehead atoms. The lowest BCUT2D eigenvalue weighted by atomic mass is 10.2. The molecule has 0 atom stereocenters. The fraction of sp³-hybridized carbons (Fsp3) is 0.200. The van der Waals surface area contributed by atoms with Gasteiger partial charge in [-0.05, 0) is 25.1 Å². The van der Waals surface area contributed by atoms with Crippen molar-refractivity contribution in [2.24, 2.45) is 0 Å². The summed E-state index contributed by atoms with van der Waals surface area (Å²) < 4.78 is 30.8. The Hall–Kier alpha value is -1.60. The summed E-state index contributed by atoms with van der Waals surface area (Å²) in [5.74, 6) is 0.148. The highest BCUT2D eigenvalue weighted by Gasteiger charge is 2.20. The number of carbonyl (C=O) groups is 1. The highest BCUT2D eigenvalue weighted by Crippen LogP contribution is 2.29. The number of nitrogens with one attached hydrogen (secondary N) is 2. The second kappa shape index (κ2) is 4.34. The number of fused-ring (bicyclic) bond motifs is 1. The van der Waals surface area contributed by atoms with Gasteiger partial charge in [0, 0.05) is 6.54 Å². The van der Waals surface area contributed by atoms with E-state index >= 15 is 0 Å². The molecule has 2 N–H and O–H groups in total. The maximum absolute atomic E-state index is 11.7. The standard InChI is InChI=1S/C10H11N2O4S/c1-2-11-17(14,15)7-3-4-9-8(5-7)12-10(13)6-16-9/h3-5,11H,1-2,6H2,(H,12,13). The molecule has 0 saturated heterocycles. The summed E-state index contributed by atoms with van der Waals surface area (Å²) in [6.45, 7) is 3.41. The van der Waals surface area contributed by atoms with Crippen molar-refractivity contribution in [2.45, 2.75) is 4.90 Å². The van der Waals surface area contributed by atoms with E-state index < -0.39 is 10.0 Å². The van der Waals surface area contributed by atoms with Crippen LogP contribution in [0.1, 0.15) is 0 Å². The van der Waals surface area contributed by atoms with Crippen molar-refractivity contribution in [1.29, 1.82) is 0 Å². The zero-order chi connectivity index (χ0) is 12.5. The summed E-state index contributed by atoms with van der Waals surface area (Å²) in [5.41, 5.74) is 0.355. The van der Waals surface area contributed by atoms with Gasteiger partial charge in [0.2, 0.25) is 10.0 Å². The van der Waals surface area contributed by atoms with Crippen LogP contribution in [0, 0.1) is 6.92 Å². The maximum atomic E-state index is 11.7. The Balaban J connectivity index is 2.39. The van der Waals surface area contributed by atoms with Gasteiger partial charge < -0.3 is 10.1 Å². The van der Waals surface area contributed by atoms with Gasteiger partial charge >= 0.3 is 0 Å². The van der Waals surface area contributed by atoms with Crippen LogP contribution < -0.4 is 14.8 Å². The van der Waals surface area contributed by atoms with Crippen molar-refractivity contribution in [1.82, 2.24) is 4.72 Å². The quantitative estimate of drug-likeness (QED) is 0.804. The Morgan fingerprint density at radius 3 is 2.94 bits per heavy atom. The molecule has 6 nitrogen and oxygen atoms in total. The van der Waals surface area contributed by atoms with E-state index in [1.54, 1.807) is 0 Å². The first-order valence-electron chi connectivity index (χ1n) is 4.88. The van der Waals surface area contributed by atoms with Gasteiger partial charge in [-0.3, -0.25) is 4.79 Å². The van der Waals surface area contributed by atoms with Gasteiger partial charge in [0.1, 0.15) is 5.75 Å². The number of hydrogen-bond donors (Lipinski definition) is 2. The third kappa shape index (κ3) is 2.40. The van der Waals surface area contributed by atoms with E-state index in [0.717, 1.165) is 0 Å². The topological polar surface area (TPSA) is 84.5 Å². The number of ether oxygens (including phenoxy) is 1. The van der Waals surface area contributed by atoms with Crippen molar-refractivity contribution in [3.63, 3.8) is 0 Å². The van der Waals surface area contributed by atoms with Crippen LogP contribution in [-0.2, 0) is 14.8 Å². The van der Waals surface area contributed by atoms with Crippen LogP contribution in [0.4, 0.5) is 5.69 Å². The highest BCUT2D eigenvalue weighted by atomic mass is 32.2. The van der Waals surface area contributed by atoms with Gasteiger partial charge in [-0.2, -0.15) is 0 Å². The molecule has 1 aliphatic heterocycles. The first-order chi connectivity index (χ1) is 8.03. The number of amides is 1. The highest BCUT2D eigenvalue weighted by molar-refractivity contribution is 7.89. The van der Waals surface area contributed by atoms with Crippen LogP contribution in [-0.4, -0.2) is 27.5 Å². The van der Waals surface area contributed by atoms with Gasteiger partial charge in [0.25, 0.3) is 5.91 Å². The maximum Gasteiger partial charge on any atom is 0.262 e. The summed E-state index contributed by atoms with van der Waals surface area (Å²) in [7, 11) is -3.58. The molecule has 7 heteroatoms. The van der Waals surface area contributed by atoms with E-state index in [9.17, 15) is 13.2 Å². The molecule has 91 valence electrons. The molecule has 1 heterocycles. The average Bonchev–Trinajstić information content (AvgIpc) is 2.28. The summed E-state index contributed by atoms with van der Waals surface area (Å²) in [4.78, 5) is 11.2. The summed E-state index contributed by atoms with van der Waals surface area (Å²) >= 11 is 0. The average molecular weight is 255 g/mol. The second-order valence-electron chi connectivity index (χ2n) is 3.39. The Kier molecular flexibility index (Phi) is 3.03. The number of sulfonamides is 1. The molecule has 1 aromatic carbocycles. The lowest BCUT2D eigenvalue weighted by Gasteiger charge is -2.18. The number of rotatable bonds is 3. The Bertz CT molecular complexity index is 553. The minimum Gasteiger partial charge on any atom is -0.482 e. The van der Waals surface area contributed by atoms with Gasteiger partial charge in [0.15, 0.2) is 6.61 Å². The van der Waals surface area contributed by atoms with Crippen molar-refractivity contribution in [2.75, 3.05) is 18.5 Å². The predicted molar refractivity (Wildman–Crippen MR) is 61.1 cm³/mol. The Morgan fingerprint density at radius 2 is 2.24 bits per heavy atom. The van der Waals surface area contributed by atoms with Crippen LogP contribution in [0.5, 0.6) is 5.75 Å². The zero-order valence-electron chi connectivity index (χ0n) is 8.89. The molecule has 0 aliphatic carbocycles. The van der Waals surface area contributed by atoms with Crippen molar-refractivity contribution < 1.29 is 17.9 Å². The van der Waals surface area contributed by atoms with E-state index in [4.69, 9.17) is 4.74 Å². The third-order valence-corrected chi connectivity index (χ3v) is 3.64. The van der Waals surface area contributed by atoms with Crippen molar-refractivity contribution in [3.05, 3.63) is 25.1 Å². The molecular formula is C10H11N2O4S. The SMILES string of the molecule is [CH2]CNS(=O)(=O)c1ccc2c(c1)NC(=O)CO2. The van der Waals surface area contributed by atoms with Crippen LogP contribution in [0.15, 0.2) is 23.1 Å². The Morgan fingerprint density at radius 1 is 1.47 bits per heavy atom. The van der Waals surface area contributed by atoms with E-state index in [-0.39, 0.29) is 24.0 Å². The molecule has 1 aliphatic rings. The molecule has 0 fully saturated rings. The van der Waals surface area contributed by atoms with Crippen LogP contribution >= 0.6 is 0 Å². The number of anilines is 1. The molecule has 1 aromatic rings. The third-order valence-electron chi connectivity index (χ3n) is 2.19. The summed E-state index contributed by atoms with van der Waals surface area (Å²) in [6, 6.07) is 4.27. The normalized spacial score (nSPS) is 14.8. The zero-order valence-corrected chi connectivity index (χ0v) is 9.71. The smallest absolute Gasteiger partial charge is 0.262 e. The van der Waals surface area contributed by atoms with Gasteiger partial charge in [-0.1, -0.05) is 0 Å². The van der Waals surface area contributed by atoms with Crippen molar-refractivity contribution in [3.8, 4) is 5.75 Å². The number of benzene rings is 1. The summed E-state index contributed by atoms with van der Waals surface area (Å²) in [5, 5.41) is 2.54. The molecule has 2 rings (SSSR count). The van der Waals surface area contributed by atoms with Gasteiger partial charge in [-0.25, -0.2) is 13.1 Å². The van der Waals surface area contributed by atoms with Crippen LogP contribution in [0.3, 0.4) is 0 Å². The molecule has 0 saturated carbocycles. The first-order valence-corrected chi connectivity index (χ1v) is 6.37. The molecule has 17 heavy (non-hydrogen) atoms. The lowest BCUT2D eigenvalue weighted by molar-refractivity contribution is -0.118. The van der Waals surface area contributed by atoms with Crippen molar-refractivity contribution >= 4 is 21.6 Å². The molecule has 0 aromatic heterocycles. The number of carbonyl (C=O) groups excluding carboxylic acids is 1. The van der Waals surface area contributed by atoms with Gasteiger partial charge in [0.05, 0.1) is 10.6 Å². The predicted octanol–water partition coefficient (Wildman–Crippen LogP) is 0.130. The Labute approximate surface area is 99.0 Å². The molecule has 0 spiro atoms. The number of hydrogen-bond acceptors (Lipinski definition) is 4. The van der Waals surface area contributed by atoms with Crippen LogP contribution in [0.25, 0.3) is 0 Å². The first kappa shape index (κ1) is 11.9. The lowest BCUT2D eigenvalue weighted by Crippen LogP contribution is -2.27. The van der Waals surface area contributed by atoms with E-state index in [0.29, 0.717) is 11.4 Å². The molecule has 1 amide bonds. The van der Waals surface area contributed by atoms with E-state index in [1.807, 2.05) is 0 Å². The minimum atomic E-state index is -3.58. The fourth-order valence-corrected chi connectivity index (χ4v) is 2.40. The molecule has 0 unspecified atom stereocenters. The monoisotopic (exact) mass is 255 g/mol. The van der Waals surface area contributed by atoms with Gasteiger partial charge in [-0.15, -0.1) is 0 Å². The fourth-order valence-electron chi connectivity index (χ4n) is 1.45. The van der Waals surface area contributed by atoms with E-state index in [2.05, 4.69) is 17.0 Å². The minimum absolute atomic E-state index is 0.0578. The summed E-state index contributed by atoms with van der Waals surface area (Å²) in [6.07, 6.45) is 0. The van der Waals surface area contributed by atoms with E-state index in [1.165, 1.54) is 18.2 Å².